The highest BCUT2D eigenvalue weighted by atomic mass is 33.4. The lowest BCUT2D eigenvalue weighted by Crippen LogP contribution is -1.51. The standard InChI is InChI=1S/C3N3O3PS3/c7-1-4-11-10(12-5-2-8)13-6-3-9. The van der Waals surface area contributed by atoms with Crippen LogP contribution in [0.25, 0.3) is 0 Å². The zero-order valence-electron chi connectivity index (χ0n) is 5.74. The van der Waals surface area contributed by atoms with Gasteiger partial charge in [-0.3, -0.25) is 0 Å². The van der Waals surface area contributed by atoms with E-state index in [1.165, 1.54) is 18.2 Å². The van der Waals surface area contributed by atoms with Gasteiger partial charge in [-0.15, -0.1) is 13.2 Å². The Hall–Kier alpha value is -0.380. The number of hydrogen-bond donors (Lipinski definition) is 0. The fourth-order valence-electron chi connectivity index (χ4n) is 0.195. The second-order valence-corrected chi connectivity index (χ2v) is 9.34. The van der Waals surface area contributed by atoms with E-state index < -0.39 is 5.53 Å². The van der Waals surface area contributed by atoms with Crippen molar-refractivity contribution in [1.82, 2.24) is 0 Å². The van der Waals surface area contributed by atoms with Crippen LogP contribution in [0, 0.1) is 0 Å². The Bertz CT molecular complexity index is 246. The summed E-state index contributed by atoms with van der Waals surface area (Å²) in [4.78, 5) is 29.2. The Labute approximate surface area is 86.2 Å². The zero-order valence-corrected chi connectivity index (χ0v) is 9.08. The lowest BCUT2D eigenvalue weighted by molar-refractivity contribution is 0.565. The summed E-state index contributed by atoms with van der Waals surface area (Å²) in [5, 5.41) is 0. The molecule has 0 saturated carbocycles. The Balaban J connectivity index is 4.07. The number of nitrogens with zero attached hydrogens (tertiary/aromatic N) is 3. The van der Waals surface area contributed by atoms with Gasteiger partial charge in [0.1, 0.15) is 5.53 Å². The third-order valence-electron chi connectivity index (χ3n) is 0.434. The molecule has 0 spiro atoms. The molecule has 0 amide bonds. The van der Waals surface area contributed by atoms with Gasteiger partial charge in [-0.05, 0) is 0 Å². The van der Waals surface area contributed by atoms with Crippen LogP contribution >= 0.6 is 40.2 Å². The maximum Gasteiger partial charge on any atom is 0.247 e. The maximum atomic E-state index is 9.72. The van der Waals surface area contributed by atoms with Crippen LogP contribution in [0.4, 0.5) is 0 Å². The molecule has 0 atom stereocenters. The molecule has 6 nitrogen and oxygen atoms in total. The second kappa shape index (κ2) is 9.71. The van der Waals surface area contributed by atoms with Crippen LogP contribution in [-0.4, -0.2) is 18.2 Å². The molecule has 0 fully saturated rings. The molecule has 10 heteroatoms. The first kappa shape index (κ1) is 12.6. The summed E-state index contributed by atoms with van der Waals surface area (Å²) in [5.74, 6) is 0. The summed E-state index contributed by atoms with van der Waals surface area (Å²) in [7, 11) is 0. The minimum Gasteiger partial charge on any atom is -0.210 e. The highest BCUT2D eigenvalue weighted by Gasteiger charge is 2.10. The minimum atomic E-state index is -1.12. The molecule has 0 heterocycles. The molecular weight excluding hydrogens is 253 g/mol. The topological polar surface area (TPSA) is 88.3 Å². The first-order valence-corrected chi connectivity index (χ1v) is 7.86. The molecule has 0 radical (unpaired) electrons. The van der Waals surface area contributed by atoms with Crippen molar-refractivity contribution in [3.63, 3.8) is 0 Å². The van der Waals surface area contributed by atoms with Crippen molar-refractivity contribution < 1.29 is 14.4 Å². The molecule has 0 aromatic heterocycles. The van der Waals surface area contributed by atoms with Crippen LogP contribution in [0.15, 0.2) is 13.2 Å². The molecule has 0 N–H and O–H groups in total. The molecule has 0 saturated heterocycles. The van der Waals surface area contributed by atoms with Gasteiger partial charge < -0.3 is 0 Å². The molecule has 0 rings (SSSR count). The van der Waals surface area contributed by atoms with E-state index in [2.05, 4.69) is 13.2 Å². The maximum absolute atomic E-state index is 9.72. The first-order valence-electron chi connectivity index (χ1n) is 2.38. The number of rotatable bonds is 6. The third-order valence-corrected chi connectivity index (χ3v) is 6.84. The fraction of sp³-hybridized carbons (Fsp3) is 0. The molecule has 0 aromatic rings. The molecular formula is C3N3O3PS3. The number of isocyanates is 3. The van der Waals surface area contributed by atoms with E-state index in [4.69, 9.17) is 0 Å². The summed E-state index contributed by atoms with van der Waals surface area (Å²) in [5.41, 5.74) is -1.12. The van der Waals surface area contributed by atoms with Gasteiger partial charge in [0.25, 0.3) is 0 Å². The van der Waals surface area contributed by atoms with E-state index in [9.17, 15) is 14.4 Å². The molecule has 0 aliphatic rings. The van der Waals surface area contributed by atoms with Crippen molar-refractivity contribution in [2.45, 2.75) is 0 Å². The molecule has 0 unspecified atom stereocenters. The van der Waals surface area contributed by atoms with Crippen LogP contribution in [0.2, 0.25) is 0 Å². The van der Waals surface area contributed by atoms with Crippen LogP contribution in [-0.2, 0) is 14.4 Å². The monoisotopic (exact) mass is 253 g/mol. The highest BCUT2D eigenvalue weighted by Crippen LogP contribution is 2.71. The van der Waals surface area contributed by atoms with Crippen molar-refractivity contribution >= 4 is 58.5 Å². The van der Waals surface area contributed by atoms with Gasteiger partial charge in [-0.25, -0.2) is 14.4 Å². The number of carbonyl (C=O) groups excluding carboxylic acids is 3. The van der Waals surface area contributed by atoms with E-state index in [1.807, 2.05) is 0 Å². The van der Waals surface area contributed by atoms with Crippen molar-refractivity contribution in [2.24, 2.45) is 13.2 Å². The van der Waals surface area contributed by atoms with Gasteiger partial charge in [-0.1, -0.05) is 0 Å². The molecule has 0 aromatic carbocycles. The average molecular weight is 253 g/mol. The van der Waals surface area contributed by atoms with E-state index in [0.29, 0.717) is 0 Å². The van der Waals surface area contributed by atoms with Crippen LogP contribution in [0.5, 0.6) is 0 Å². The Morgan fingerprint density at radius 3 is 1.31 bits per heavy atom. The van der Waals surface area contributed by atoms with Crippen molar-refractivity contribution in [2.75, 3.05) is 0 Å². The zero-order chi connectivity index (χ0) is 9.94. The summed E-state index contributed by atoms with van der Waals surface area (Å²) in [6, 6.07) is 0. The van der Waals surface area contributed by atoms with E-state index in [-0.39, 0.29) is 0 Å². The normalized spacial score (nSPS) is 10.2. The largest absolute Gasteiger partial charge is 0.247 e. The fourth-order valence-corrected chi connectivity index (χ4v) is 4.36. The lowest BCUT2D eigenvalue weighted by atomic mass is 11.7. The van der Waals surface area contributed by atoms with E-state index in [1.54, 1.807) is 0 Å². The van der Waals surface area contributed by atoms with Gasteiger partial charge in [0.05, 0.1) is 0 Å². The molecule has 0 bridgehead atoms. The van der Waals surface area contributed by atoms with Crippen molar-refractivity contribution in [3.8, 4) is 0 Å². The molecule has 0 aliphatic carbocycles. The first-order chi connectivity index (χ1) is 6.35. The predicted molar refractivity (Wildman–Crippen MR) is 54.1 cm³/mol. The Morgan fingerprint density at radius 1 is 0.769 bits per heavy atom. The van der Waals surface area contributed by atoms with Gasteiger partial charge >= 0.3 is 0 Å². The van der Waals surface area contributed by atoms with Gasteiger partial charge in [0, 0.05) is 34.7 Å². The minimum absolute atomic E-state index is 0.848. The van der Waals surface area contributed by atoms with Crippen LogP contribution < -0.4 is 0 Å². The summed E-state index contributed by atoms with van der Waals surface area (Å²) < 4.78 is 9.59. The Kier molecular flexibility index (Phi) is 9.42. The van der Waals surface area contributed by atoms with Crippen LogP contribution in [0.1, 0.15) is 0 Å². The van der Waals surface area contributed by atoms with Gasteiger partial charge in [0.2, 0.25) is 18.2 Å². The van der Waals surface area contributed by atoms with E-state index >= 15 is 0 Å². The molecule has 68 valence electrons. The summed E-state index contributed by atoms with van der Waals surface area (Å²) >= 11 is 2.54. The predicted octanol–water partition coefficient (Wildman–Crippen LogP) is 2.17. The number of hydrogen-bond acceptors (Lipinski definition) is 9. The SMILES string of the molecule is O=C=NSP(SN=C=O)SN=C=O. The smallest absolute Gasteiger partial charge is 0.210 e. The molecule has 13 heavy (non-hydrogen) atoms. The summed E-state index contributed by atoms with van der Waals surface area (Å²) in [6.45, 7) is 0. The highest BCUT2D eigenvalue weighted by molar-refractivity contribution is 9.11. The van der Waals surface area contributed by atoms with Gasteiger partial charge in [-0.2, -0.15) is 0 Å². The van der Waals surface area contributed by atoms with Crippen molar-refractivity contribution in [1.29, 1.82) is 0 Å². The quantitative estimate of drug-likeness (QED) is 0.312. The molecule has 0 aliphatic heterocycles. The van der Waals surface area contributed by atoms with E-state index in [0.717, 1.165) is 34.7 Å². The average Bonchev–Trinajstić information content (AvgIpc) is 2.17. The third kappa shape index (κ3) is 7.96. The van der Waals surface area contributed by atoms with Gasteiger partial charge in [0.15, 0.2) is 0 Å². The second-order valence-electron chi connectivity index (χ2n) is 1.02. The Morgan fingerprint density at radius 2 is 1.08 bits per heavy atom. The van der Waals surface area contributed by atoms with Crippen LogP contribution in [0.3, 0.4) is 0 Å². The lowest BCUT2D eigenvalue weighted by Gasteiger charge is -1.99. The summed E-state index contributed by atoms with van der Waals surface area (Å²) in [6.07, 6.45) is 3.89. The van der Waals surface area contributed by atoms with Crippen molar-refractivity contribution in [3.05, 3.63) is 0 Å².